The first kappa shape index (κ1) is 15.8. The molecule has 3 nitrogen and oxygen atoms in total. The van der Waals surface area contributed by atoms with E-state index in [0.717, 1.165) is 15.6 Å². The minimum absolute atomic E-state index is 0.233. The summed E-state index contributed by atoms with van der Waals surface area (Å²) < 4.78 is 19.2. The van der Waals surface area contributed by atoms with E-state index in [1.807, 2.05) is 6.07 Å². The van der Waals surface area contributed by atoms with Crippen LogP contribution in [0, 0.1) is 5.82 Å². The second-order valence-corrected chi connectivity index (χ2v) is 6.40. The average molecular weight is 350 g/mol. The number of benzene rings is 2. The highest BCUT2D eigenvalue weighted by Gasteiger charge is 2.19. The molecule has 1 amide bonds. The van der Waals surface area contributed by atoms with Gasteiger partial charge in [0.05, 0.1) is 7.11 Å². The Bertz CT molecular complexity index is 861. The standard InChI is InChI=1S/C17H13ClFNO2S/c1-22-15-13-8-11(18)4-7-14(13)23-16(15)17(21)20-9-10-2-5-12(19)6-3-10/h2-8H,9H2,1H3,(H,20,21). The lowest BCUT2D eigenvalue weighted by atomic mass is 10.2. The smallest absolute Gasteiger partial charge is 0.265 e. The summed E-state index contributed by atoms with van der Waals surface area (Å²) >= 11 is 7.36. The van der Waals surface area contributed by atoms with Crippen molar-refractivity contribution in [1.82, 2.24) is 5.32 Å². The quantitative estimate of drug-likeness (QED) is 0.745. The predicted molar refractivity (Wildman–Crippen MR) is 91.0 cm³/mol. The molecule has 0 saturated carbocycles. The van der Waals surface area contributed by atoms with E-state index in [1.54, 1.807) is 24.3 Å². The molecule has 1 N–H and O–H groups in total. The Morgan fingerprint density at radius 2 is 2.00 bits per heavy atom. The largest absolute Gasteiger partial charge is 0.494 e. The van der Waals surface area contributed by atoms with Crippen molar-refractivity contribution in [1.29, 1.82) is 0 Å². The molecule has 23 heavy (non-hydrogen) atoms. The Kier molecular flexibility index (Phi) is 4.50. The molecule has 0 bridgehead atoms. The molecule has 6 heteroatoms. The Balaban J connectivity index is 1.84. The minimum Gasteiger partial charge on any atom is -0.494 e. The fourth-order valence-electron chi connectivity index (χ4n) is 2.26. The Labute approximate surface area is 141 Å². The number of ether oxygens (including phenoxy) is 1. The lowest BCUT2D eigenvalue weighted by molar-refractivity contribution is 0.0952. The highest BCUT2D eigenvalue weighted by molar-refractivity contribution is 7.21. The van der Waals surface area contributed by atoms with Crippen molar-refractivity contribution >= 4 is 38.9 Å². The van der Waals surface area contributed by atoms with E-state index in [0.29, 0.717) is 22.2 Å². The molecular formula is C17H13ClFNO2S. The molecule has 0 fully saturated rings. The number of hydrogen-bond acceptors (Lipinski definition) is 3. The van der Waals surface area contributed by atoms with Crippen molar-refractivity contribution in [2.24, 2.45) is 0 Å². The molecule has 0 aliphatic carbocycles. The van der Waals surface area contributed by atoms with Crippen molar-refractivity contribution in [3.63, 3.8) is 0 Å². The lowest BCUT2D eigenvalue weighted by Gasteiger charge is -2.06. The molecule has 0 aliphatic rings. The molecule has 0 aliphatic heterocycles. The van der Waals surface area contributed by atoms with Crippen molar-refractivity contribution in [2.45, 2.75) is 6.54 Å². The third-order valence-electron chi connectivity index (χ3n) is 3.38. The minimum atomic E-state index is -0.303. The number of amides is 1. The molecule has 0 spiro atoms. The summed E-state index contributed by atoms with van der Waals surface area (Å²) in [5.74, 6) is -0.0178. The first-order valence-electron chi connectivity index (χ1n) is 6.87. The molecule has 2 aromatic carbocycles. The van der Waals surface area contributed by atoms with Crippen molar-refractivity contribution in [3.8, 4) is 5.75 Å². The fraction of sp³-hybridized carbons (Fsp3) is 0.118. The molecule has 3 aromatic rings. The van der Waals surface area contributed by atoms with Gasteiger partial charge < -0.3 is 10.1 Å². The molecule has 0 saturated heterocycles. The summed E-state index contributed by atoms with van der Waals surface area (Å²) in [5.41, 5.74) is 0.822. The molecule has 1 heterocycles. The number of carbonyl (C=O) groups is 1. The number of thiophene rings is 1. The van der Waals surface area contributed by atoms with Crippen LogP contribution in [-0.4, -0.2) is 13.0 Å². The van der Waals surface area contributed by atoms with Gasteiger partial charge in [0.1, 0.15) is 16.4 Å². The van der Waals surface area contributed by atoms with Crippen LogP contribution < -0.4 is 10.1 Å². The molecule has 118 valence electrons. The molecule has 1 aromatic heterocycles. The third kappa shape index (κ3) is 3.30. The van der Waals surface area contributed by atoms with Crippen molar-refractivity contribution in [2.75, 3.05) is 7.11 Å². The lowest BCUT2D eigenvalue weighted by Crippen LogP contribution is -2.22. The van der Waals surface area contributed by atoms with Gasteiger partial charge in [-0.1, -0.05) is 23.7 Å². The number of halogens is 2. The van der Waals surface area contributed by atoms with Gasteiger partial charge >= 0.3 is 0 Å². The second-order valence-electron chi connectivity index (χ2n) is 4.91. The van der Waals surface area contributed by atoms with Crippen molar-refractivity contribution < 1.29 is 13.9 Å². The second kappa shape index (κ2) is 6.56. The van der Waals surface area contributed by atoms with Crippen molar-refractivity contribution in [3.05, 3.63) is 63.7 Å². The SMILES string of the molecule is COc1c(C(=O)NCc2ccc(F)cc2)sc2ccc(Cl)cc12. The number of fused-ring (bicyclic) bond motifs is 1. The van der Waals surface area contributed by atoms with Crippen LogP contribution >= 0.6 is 22.9 Å². The number of hydrogen-bond donors (Lipinski definition) is 1. The zero-order valence-electron chi connectivity index (χ0n) is 12.2. The molecule has 3 rings (SSSR count). The maximum Gasteiger partial charge on any atom is 0.265 e. The van der Waals surface area contributed by atoms with Crippen LogP contribution in [0.25, 0.3) is 10.1 Å². The van der Waals surface area contributed by atoms with Crippen LogP contribution in [0.4, 0.5) is 4.39 Å². The van der Waals surface area contributed by atoms with Crippen LogP contribution in [0.5, 0.6) is 5.75 Å². The summed E-state index contributed by atoms with van der Waals surface area (Å²) in [5, 5.41) is 4.23. The average Bonchev–Trinajstić information content (AvgIpc) is 2.91. The van der Waals surface area contributed by atoms with Gasteiger partial charge in [-0.3, -0.25) is 4.79 Å². The maximum atomic E-state index is 12.9. The highest BCUT2D eigenvalue weighted by atomic mass is 35.5. The number of rotatable bonds is 4. The monoisotopic (exact) mass is 349 g/mol. The first-order chi connectivity index (χ1) is 11.1. The van der Waals surface area contributed by atoms with E-state index in [-0.39, 0.29) is 11.7 Å². The summed E-state index contributed by atoms with van der Waals surface area (Å²) in [7, 11) is 1.53. The van der Waals surface area contributed by atoms with Crippen LogP contribution in [-0.2, 0) is 6.54 Å². The van der Waals surface area contributed by atoms with Crippen LogP contribution in [0.15, 0.2) is 42.5 Å². The summed E-state index contributed by atoms with van der Waals surface area (Å²) in [6, 6.07) is 11.4. The number of nitrogens with one attached hydrogen (secondary N) is 1. The number of carbonyl (C=O) groups excluding carboxylic acids is 1. The summed E-state index contributed by atoms with van der Waals surface area (Å²) in [6.07, 6.45) is 0. The van der Waals surface area contributed by atoms with Gasteiger partial charge in [0.2, 0.25) is 0 Å². The van der Waals surface area contributed by atoms with E-state index in [1.165, 1.54) is 30.6 Å². The summed E-state index contributed by atoms with van der Waals surface area (Å²) in [4.78, 5) is 12.9. The van der Waals surface area contributed by atoms with Gasteiger partial charge in [0.15, 0.2) is 0 Å². The van der Waals surface area contributed by atoms with Crippen LogP contribution in [0.3, 0.4) is 0 Å². The van der Waals surface area contributed by atoms with Gasteiger partial charge in [-0.25, -0.2) is 4.39 Å². The molecular weight excluding hydrogens is 337 g/mol. The van der Waals surface area contributed by atoms with Gasteiger partial charge in [-0.2, -0.15) is 0 Å². The van der Waals surface area contributed by atoms with Gasteiger partial charge in [0.25, 0.3) is 5.91 Å². The van der Waals surface area contributed by atoms with Gasteiger partial charge in [-0.05, 0) is 35.9 Å². The zero-order chi connectivity index (χ0) is 16.4. The first-order valence-corrected chi connectivity index (χ1v) is 8.06. The maximum absolute atomic E-state index is 12.9. The van der Waals surface area contributed by atoms with Gasteiger partial charge in [-0.15, -0.1) is 11.3 Å². The Morgan fingerprint density at radius 3 is 2.70 bits per heavy atom. The predicted octanol–water partition coefficient (Wildman–Crippen LogP) is 4.63. The number of methoxy groups -OCH3 is 1. The third-order valence-corrected chi connectivity index (χ3v) is 4.77. The normalized spacial score (nSPS) is 10.7. The summed E-state index contributed by atoms with van der Waals surface area (Å²) in [6.45, 7) is 0.317. The zero-order valence-corrected chi connectivity index (χ0v) is 13.8. The topological polar surface area (TPSA) is 38.3 Å². The fourth-order valence-corrected chi connectivity index (χ4v) is 3.50. The molecule has 0 unspecified atom stereocenters. The van der Waals surface area contributed by atoms with Gasteiger partial charge in [0, 0.05) is 21.7 Å². The van der Waals surface area contributed by atoms with E-state index in [4.69, 9.17) is 16.3 Å². The Morgan fingerprint density at radius 1 is 1.26 bits per heavy atom. The van der Waals surface area contributed by atoms with E-state index in [2.05, 4.69) is 5.32 Å². The highest BCUT2D eigenvalue weighted by Crippen LogP contribution is 2.38. The molecule has 0 radical (unpaired) electrons. The van der Waals surface area contributed by atoms with Crippen LogP contribution in [0.2, 0.25) is 5.02 Å². The Hall–Kier alpha value is -2.11. The van der Waals surface area contributed by atoms with E-state index < -0.39 is 0 Å². The van der Waals surface area contributed by atoms with Crippen LogP contribution in [0.1, 0.15) is 15.2 Å². The van der Waals surface area contributed by atoms with E-state index in [9.17, 15) is 9.18 Å². The van der Waals surface area contributed by atoms with E-state index >= 15 is 0 Å². The molecule has 0 atom stereocenters.